The molecule has 3 aromatic rings. The van der Waals surface area contributed by atoms with Gasteiger partial charge in [0.25, 0.3) is 5.91 Å². The van der Waals surface area contributed by atoms with Crippen molar-refractivity contribution in [1.29, 1.82) is 0 Å². The Morgan fingerprint density at radius 2 is 1.82 bits per heavy atom. The topological polar surface area (TPSA) is 55.1 Å². The average molecular weight is 333 g/mol. The van der Waals surface area contributed by atoms with Crippen LogP contribution in [0.5, 0.6) is 0 Å². The largest absolute Gasteiger partial charge is 0.451 e. The summed E-state index contributed by atoms with van der Waals surface area (Å²) in [5, 5.41) is 3.51. The number of hydrogen-bond acceptors (Lipinski definition) is 3. The van der Waals surface area contributed by atoms with Crippen molar-refractivity contribution in [3.05, 3.63) is 70.7 Å². The Balaban J connectivity index is 1.80. The molecule has 2 aromatic heterocycles. The highest BCUT2D eigenvalue weighted by Gasteiger charge is 2.14. The van der Waals surface area contributed by atoms with Crippen molar-refractivity contribution in [1.82, 2.24) is 4.98 Å². The molecule has 4 nitrogen and oxygen atoms in total. The number of benzene rings is 1. The van der Waals surface area contributed by atoms with E-state index < -0.39 is 5.91 Å². The van der Waals surface area contributed by atoms with Gasteiger partial charge in [-0.1, -0.05) is 23.2 Å². The van der Waals surface area contributed by atoms with Crippen LogP contribution in [0.4, 0.5) is 5.69 Å². The van der Waals surface area contributed by atoms with E-state index in [0.29, 0.717) is 16.5 Å². The van der Waals surface area contributed by atoms with Gasteiger partial charge in [0.05, 0.1) is 5.69 Å². The Morgan fingerprint density at radius 1 is 1.05 bits per heavy atom. The number of furan rings is 1. The molecule has 0 aliphatic heterocycles. The first kappa shape index (κ1) is 14.6. The van der Waals surface area contributed by atoms with Gasteiger partial charge in [-0.25, -0.2) is 4.98 Å². The molecule has 1 amide bonds. The van der Waals surface area contributed by atoms with Crippen molar-refractivity contribution in [2.45, 2.75) is 0 Å². The van der Waals surface area contributed by atoms with Crippen LogP contribution in [0.3, 0.4) is 0 Å². The number of anilines is 1. The van der Waals surface area contributed by atoms with Crippen molar-refractivity contribution in [3.8, 4) is 11.3 Å². The molecule has 6 heteroatoms. The Labute approximate surface area is 136 Å². The number of halogens is 2. The minimum Gasteiger partial charge on any atom is -0.451 e. The first-order chi connectivity index (χ1) is 10.6. The third-order valence-corrected chi connectivity index (χ3v) is 3.52. The van der Waals surface area contributed by atoms with Gasteiger partial charge in [0.2, 0.25) is 0 Å². The van der Waals surface area contributed by atoms with E-state index in [-0.39, 0.29) is 10.9 Å². The zero-order valence-corrected chi connectivity index (χ0v) is 12.7. The van der Waals surface area contributed by atoms with Crippen molar-refractivity contribution in [2.24, 2.45) is 0 Å². The van der Waals surface area contributed by atoms with Gasteiger partial charge in [0, 0.05) is 16.8 Å². The lowest BCUT2D eigenvalue weighted by Crippen LogP contribution is -2.11. The summed E-state index contributed by atoms with van der Waals surface area (Å²) in [6, 6.07) is 13.8. The summed E-state index contributed by atoms with van der Waals surface area (Å²) in [4.78, 5) is 16.0. The van der Waals surface area contributed by atoms with Crippen LogP contribution in [0.2, 0.25) is 10.2 Å². The molecule has 0 aliphatic rings. The van der Waals surface area contributed by atoms with Gasteiger partial charge in [-0.15, -0.1) is 0 Å². The second-order valence-electron chi connectivity index (χ2n) is 4.47. The minimum absolute atomic E-state index is 0.185. The summed E-state index contributed by atoms with van der Waals surface area (Å²) >= 11 is 11.7. The first-order valence-electron chi connectivity index (χ1n) is 6.41. The third kappa shape index (κ3) is 3.13. The van der Waals surface area contributed by atoms with Crippen molar-refractivity contribution in [2.75, 3.05) is 5.32 Å². The molecule has 0 bridgehead atoms. The second kappa shape index (κ2) is 6.22. The highest BCUT2D eigenvalue weighted by molar-refractivity contribution is 6.32. The Kier molecular flexibility index (Phi) is 4.13. The number of aromatic nitrogens is 1. The molecule has 0 radical (unpaired) electrons. The molecular formula is C16H10Cl2N2O2. The lowest BCUT2D eigenvalue weighted by atomic mass is 10.2. The van der Waals surface area contributed by atoms with E-state index in [4.69, 9.17) is 27.6 Å². The number of rotatable bonds is 3. The summed E-state index contributed by atoms with van der Waals surface area (Å²) in [5.41, 5.74) is 1.27. The van der Waals surface area contributed by atoms with Crippen molar-refractivity contribution >= 4 is 34.8 Å². The van der Waals surface area contributed by atoms with Gasteiger partial charge in [-0.3, -0.25) is 4.79 Å². The predicted octanol–water partition coefficient (Wildman–Crippen LogP) is 4.90. The SMILES string of the molecule is O=C(Nc1cccnc1Cl)c1ccc(-c2ccc(Cl)cc2)o1. The van der Waals surface area contributed by atoms with Crippen LogP contribution >= 0.6 is 23.2 Å². The van der Waals surface area contributed by atoms with Gasteiger partial charge < -0.3 is 9.73 Å². The smallest absolute Gasteiger partial charge is 0.291 e. The molecule has 3 rings (SSSR count). The fraction of sp³-hybridized carbons (Fsp3) is 0. The number of nitrogens with one attached hydrogen (secondary N) is 1. The molecule has 0 atom stereocenters. The molecule has 110 valence electrons. The van der Waals surface area contributed by atoms with Crippen LogP contribution in [0.1, 0.15) is 10.6 Å². The molecule has 1 N–H and O–H groups in total. The lowest BCUT2D eigenvalue weighted by Gasteiger charge is -2.04. The van der Waals surface area contributed by atoms with Gasteiger partial charge in [-0.05, 0) is 48.5 Å². The second-order valence-corrected chi connectivity index (χ2v) is 5.26. The lowest BCUT2D eigenvalue weighted by molar-refractivity contribution is 0.0997. The van der Waals surface area contributed by atoms with Gasteiger partial charge in [-0.2, -0.15) is 0 Å². The normalized spacial score (nSPS) is 10.5. The minimum atomic E-state index is -0.393. The zero-order chi connectivity index (χ0) is 15.5. The van der Waals surface area contributed by atoms with Gasteiger partial charge in [0.15, 0.2) is 10.9 Å². The number of nitrogens with zero attached hydrogens (tertiary/aromatic N) is 1. The summed E-state index contributed by atoms with van der Waals surface area (Å²) < 4.78 is 5.56. The number of carbonyl (C=O) groups is 1. The van der Waals surface area contributed by atoms with E-state index >= 15 is 0 Å². The molecule has 0 saturated heterocycles. The molecule has 0 fully saturated rings. The maximum atomic E-state index is 12.2. The fourth-order valence-corrected chi connectivity index (χ4v) is 2.18. The molecule has 0 unspecified atom stereocenters. The van der Waals surface area contributed by atoms with Crippen LogP contribution in [0.15, 0.2) is 59.1 Å². The number of hydrogen-bond donors (Lipinski definition) is 1. The standard InChI is InChI=1S/C16H10Cl2N2O2/c17-11-5-3-10(4-6-11)13-7-8-14(22-13)16(21)20-12-2-1-9-19-15(12)18/h1-9H,(H,20,21). The van der Waals surface area contributed by atoms with Gasteiger partial charge >= 0.3 is 0 Å². The molecule has 1 aromatic carbocycles. The fourth-order valence-electron chi connectivity index (χ4n) is 1.89. The molecule has 2 heterocycles. The van der Waals surface area contributed by atoms with Crippen LogP contribution in [0.25, 0.3) is 11.3 Å². The summed E-state index contributed by atoms with van der Waals surface area (Å²) in [7, 11) is 0. The Hall–Kier alpha value is -2.30. The van der Waals surface area contributed by atoms with E-state index in [1.165, 1.54) is 0 Å². The van der Waals surface area contributed by atoms with E-state index in [2.05, 4.69) is 10.3 Å². The Morgan fingerprint density at radius 3 is 2.55 bits per heavy atom. The monoisotopic (exact) mass is 332 g/mol. The number of pyridine rings is 1. The summed E-state index contributed by atoms with van der Waals surface area (Å²) in [5.74, 6) is 0.374. The third-order valence-electron chi connectivity index (χ3n) is 2.97. The summed E-state index contributed by atoms with van der Waals surface area (Å²) in [6.45, 7) is 0. The first-order valence-corrected chi connectivity index (χ1v) is 7.17. The van der Waals surface area contributed by atoms with Crippen molar-refractivity contribution < 1.29 is 9.21 Å². The van der Waals surface area contributed by atoms with E-state index in [0.717, 1.165) is 5.56 Å². The molecule has 0 aliphatic carbocycles. The number of carbonyl (C=O) groups excluding carboxylic acids is 1. The van der Waals surface area contributed by atoms with Crippen molar-refractivity contribution in [3.63, 3.8) is 0 Å². The quantitative estimate of drug-likeness (QED) is 0.694. The molecule has 0 spiro atoms. The maximum absolute atomic E-state index is 12.2. The van der Waals surface area contributed by atoms with Crippen LogP contribution in [-0.4, -0.2) is 10.9 Å². The number of amides is 1. The summed E-state index contributed by atoms with van der Waals surface area (Å²) in [6.07, 6.45) is 1.55. The van der Waals surface area contributed by atoms with Crippen LogP contribution < -0.4 is 5.32 Å². The molecule has 22 heavy (non-hydrogen) atoms. The van der Waals surface area contributed by atoms with Gasteiger partial charge in [0.1, 0.15) is 5.76 Å². The average Bonchev–Trinajstić information content (AvgIpc) is 3.00. The van der Waals surface area contributed by atoms with E-state index in [1.807, 2.05) is 12.1 Å². The van der Waals surface area contributed by atoms with Crippen LogP contribution in [-0.2, 0) is 0 Å². The highest BCUT2D eigenvalue weighted by atomic mass is 35.5. The molecular weight excluding hydrogens is 323 g/mol. The predicted molar refractivity (Wildman–Crippen MR) is 86.4 cm³/mol. The van der Waals surface area contributed by atoms with E-state index in [9.17, 15) is 4.79 Å². The maximum Gasteiger partial charge on any atom is 0.291 e. The molecule has 0 saturated carbocycles. The highest BCUT2D eigenvalue weighted by Crippen LogP contribution is 2.25. The van der Waals surface area contributed by atoms with E-state index in [1.54, 1.807) is 42.6 Å². The van der Waals surface area contributed by atoms with Crippen LogP contribution in [0, 0.1) is 0 Å². The Bertz CT molecular complexity index is 813. The zero-order valence-electron chi connectivity index (χ0n) is 11.2.